The number of halogens is 1. The fraction of sp³-hybridized carbons (Fsp3) is 0.500. The van der Waals surface area contributed by atoms with Gasteiger partial charge in [-0.2, -0.15) is 0 Å². The van der Waals surface area contributed by atoms with Gasteiger partial charge in [0, 0.05) is 43.8 Å². The van der Waals surface area contributed by atoms with Gasteiger partial charge in [0.25, 0.3) is 0 Å². The minimum atomic E-state index is -0.150. The minimum Gasteiger partial charge on any atom is -0.339 e. The van der Waals surface area contributed by atoms with Gasteiger partial charge in [-0.25, -0.2) is 0 Å². The van der Waals surface area contributed by atoms with Crippen molar-refractivity contribution >= 4 is 29.1 Å². The summed E-state index contributed by atoms with van der Waals surface area (Å²) in [6, 6.07) is 6.95. The molecule has 0 aromatic heterocycles. The molecule has 1 aromatic rings. The first-order chi connectivity index (χ1) is 10.5. The van der Waals surface area contributed by atoms with Crippen molar-refractivity contribution in [2.75, 3.05) is 44.2 Å². The van der Waals surface area contributed by atoms with Crippen molar-refractivity contribution in [1.29, 1.82) is 0 Å². The van der Waals surface area contributed by atoms with Crippen LogP contribution in [0.2, 0.25) is 5.02 Å². The van der Waals surface area contributed by atoms with Crippen LogP contribution < -0.4 is 4.90 Å². The van der Waals surface area contributed by atoms with Crippen LogP contribution in [-0.4, -0.2) is 60.9 Å². The zero-order valence-corrected chi connectivity index (χ0v) is 13.8. The van der Waals surface area contributed by atoms with E-state index in [1.54, 1.807) is 24.3 Å². The molecule has 22 heavy (non-hydrogen) atoms. The molecule has 0 atom stereocenters. The summed E-state index contributed by atoms with van der Waals surface area (Å²) in [5, 5.41) is 0.606. The van der Waals surface area contributed by atoms with Crippen LogP contribution in [0.5, 0.6) is 0 Å². The van der Waals surface area contributed by atoms with Gasteiger partial charge >= 0.3 is 0 Å². The first kappa shape index (κ1) is 16.8. The summed E-state index contributed by atoms with van der Waals surface area (Å²) in [6.45, 7) is 7.90. The lowest BCUT2D eigenvalue weighted by molar-refractivity contribution is -0.132. The number of carbonyl (C=O) groups is 2. The molecule has 1 fully saturated rings. The summed E-state index contributed by atoms with van der Waals surface area (Å²) < 4.78 is 0. The molecule has 0 N–H and O–H groups in total. The van der Waals surface area contributed by atoms with E-state index in [-0.39, 0.29) is 18.4 Å². The number of nitrogens with zero attached hydrogens (tertiary/aromatic N) is 3. The minimum absolute atomic E-state index is 0.0131. The Morgan fingerprint density at radius 2 is 1.73 bits per heavy atom. The van der Waals surface area contributed by atoms with Gasteiger partial charge in [0.1, 0.15) is 6.54 Å². The third-order valence-electron chi connectivity index (χ3n) is 3.98. The predicted octanol–water partition coefficient (Wildman–Crippen LogP) is 1.86. The van der Waals surface area contributed by atoms with Gasteiger partial charge < -0.3 is 14.7 Å². The summed E-state index contributed by atoms with van der Waals surface area (Å²) in [5.41, 5.74) is 0.692. The SMILES string of the molecule is CCN1CCN(C(=O)CN(C(C)=O)c2ccc(Cl)cc2)CC1. The molecule has 1 aromatic carbocycles. The number of hydrogen-bond donors (Lipinski definition) is 0. The Hall–Kier alpha value is -1.59. The summed E-state index contributed by atoms with van der Waals surface area (Å²) in [4.78, 5) is 29.9. The quantitative estimate of drug-likeness (QED) is 0.849. The summed E-state index contributed by atoms with van der Waals surface area (Å²) >= 11 is 5.87. The number of likely N-dealkylation sites (N-methyl/N-ethyl adjacent to an activating group) is 1. The number of hydrogen-bond acceptors (Lipinski definition) is 3. The standard InChI is InChI=1S/C16H22ClN3O2/c1-3-18-8-10-19(11-9-18)16(22)12-20(13(2)21)15-6-4-14(17)5-7-15/h4-7H,3,8-12H2,1-2H3. The second-order valence-electron chi connectivity index (χ2n) is 5.40. The summed E-state index contributed by atoms with van der Waals surface area (Å²) in [5.74, 6) is -0.163. The summed E-state index contributed by atoms with van der Waals surface area (Å²) in [7, 11) is 0. The zero-order chi connectivity index (χ0) is 16.1. The summed E-state index contributed by atoms with van der Waals surface area (Å²) in [6.07, 6.45) is 0. The van der Waals surface area contributed by atoms with E-state index in [4.69, 9.17) is 11.6 Å². The molecule has 0 spiro atoms. The predicted molar refractivity (Wildman–Crippen MR) is 88.2 cm³/mol. The first-order valence-electron chi connectivity index (χ1n) is 7.55. The number of rotatable bonds is 4. The van der Waals surface area contributed by atoms with Crippen LogP contribution in [0.1, 0.15) is 13.8 Å². The number of carbonyl (C=O) groups excluding carboxylic acids is 2. The zero-order valence-electron chi connectivity index (χ0n) is 13.1. The van der Waals surface area contributed by atoms with Gasteiger partial charge in [-0.05, 0) is 30.8 Å². The van der Waals surface area contributed by atoms with E-state index >= 15 is 0 Å². The lowest BCUT2D eigenvalue weighted by Gasteiger charge is -2.35. The maximum absolute atomic E-state index is 12.4. The average Bonchev–Trinajstić information content (AvgIpc) is 2.53. The van der Waals surface area contributed by atoms with Gasteiger partial charge in [0.15, 0.2) is 0 Å². The molecule has 6 heteroatoms. The molecule has 0 saturated carbocycles. The second kappa shape index (κ2) is 7.61. The number of amides is 2. The van der Waals surface area contributed by atoms with Gasteiger partial charge in [0.05, 0.1) is 0 Å². The van der Waals surface area contributed by atoms with Crippen molar-refractivity contribution in [2.24, 2.45) is 0 Å². The van der Waals surface area contributed by atoms with Gasteiger partial charge in [0.2, 0.25) is 11.8 Å². The number of benzene rings is 1. The van der Waals surface area contributed by atoms with Crippen molar-refractivity contribution < 1.29 is 9.59 Å². The lowest BCUT2D eigenvalue weighted by Crippen LogP contribution is -2.51. The molecule has 1 aliphatic heterocycles. The molecule has 0 unspecified atom stereocenters. The fourth-order valence-electron chi connectivity index (χ4n) is 2.55. The highest BCUT2D eigenvalue weighted by molar-refractivity contribution is 6.30. The Labute approximate surface area is 136 Å². The van der Waals surface area contributed by atoms with Crippen molar-refractivity contribution in [2.45, 2.75) is 13.8 Å². The molecule has 0 bridgehead atoms. The normalized spacial score (nSPS) is 15.7. The van der Waals surface area contributed by atoms with E-state index in [2.05, 4.69) is 11.8 Å². The van der Waals surface area contributed by atoms with E-state index < -0.39 is 0 Å². The van der Waals surface area contributed by atoms with E-state index in [0.717, 1.165) is 32.7 Å². The van der Waals surface area contributed by atoms with Gasteiger partial charge in [-0.15, -0.1) is 0 Å². The van der Waals surface area contributed by atoms with Crippen molar-refractivity contribution in [3.05, 3.63) is 29.3 Å². The van der Waals surface area contributed by atoms with Crippen LogP contribution in [0.25, 0.3) is 0 Å². The van der Waals surface area contributed by atoms with Crippen LogP contribution in [0, 0.1) is 0 Å². The van der Waals surface area contributed by atoms with E-state index in [9.17, 15) is 9.59 Å². The maximum Gasteiger partial charge on any atom is 0.242 e. The Bertz CT molecular complexity index is 525. The highest BCUT2D eigenvalue weighted by Gasteiger charge is 2.23. The molecule has 0 aliphatic carbocycles. The molecule has 1 saturated heterocycles. The number of anilines is 1. The first-order valence-corrected chi connectivity index (χ1v) is 7.93. The van der Waals surface area contributed by atoms with Gasteiger partial charge in [-0.3, -0.25) is 9.59 Å². The largest absolute Gasteiger partial charge is 0.339 e. The van der Waals surface area contributed by atoms with E-state index in [1.165, 1.54) is 11.8 Å². The monoisotopic (exact) mass is 323 g/mol. The van der Waals surface area contributed by atoms with Crippen LogP contribution in [-0.2, 0) is 9.59 Å². The van der Waals surface area contributed by atoms with E-state index in [0.29, 0.717) is 10.7 Å². The second-order valence-corrected chi connectivity index (χ2v) is 5.83. The molecular formula is C16H22ClN3O2. The van der Waals surface area contributed by atoms with Crippen LogP contribution in [0.4, 0.5) is 5.69 Å². The Morgan fingerprint density at radius 1 is 1.14 bits per heavy atom. The van der Waals surface area contributed by atoms with Crippen LogP contribution in [0.3, 0.4) is 0 Å². The molecule has 120 valence electrons. The van der Waals surface area contributed by atoms with Crippen LogP contribution >= 0.6 is 11.6 Å². The van der Waals surface area contributed by atoms with Crippen molar-refractivity contribution in [3.63, 3.8) is 0 Å². The fourth-order valence-corrected chi connectivity index (χ4v) is 2.68. The third-order valence-corrected chi connectivity index (χ3v) is 4.24. The molecular weight excluding hydrogens is 302 g/mol. The van der Waals surface area contributed by atoms with Crippen LogP contribution in [0.15, 0.2) is 24.3 Å². The Kier molecular flexibility index (Phi) is 5.80. The molecule has 1 heterocycles. The topological polar surface area (TPSA) is 43.9 Å². The van der Waals surface area contributed by atoms with Crippen molar-refractivity contribution in [1.82, 2.24) is 9.80 Å². The highest BCUT2D eigenvalue weighted by atomic mass is 35.5. The molecule has 2 rings (SSSR count). The van der Waals surface area contributed by atoms with E-state index in [1.807, 2.05) is 4.90 Å². The van der Waals surface area contributed by atoms with Gasteiger partial charge in [-0.1, -0.05) is 18.5 Å². The Morgan fingerprint density at radius 3 is 2.23 bits per heavy atom. The third kappa shape index (κ3) is 4.21. The lowest BCUT2D eigenvalue weighted by atomic mass is 10.2. The molecule has 5 nitrogen and oxygen atoms in total. The highest BCUT2D eigenvalue weighted by Crippen LogP contribution is 2.18. The average molecular weight is 324 g/mol. The number of piperazine rings is 1. The molecule has 1 aliphatic rings. The maximum atomic E-state index is 12.4. The Balaban J connectivity index is 2.01. The van der Waals surface area contributed by atoms with Crippen molar-refractivity contribution in [3.8, 4) is 0 Å². The molecule has 2 amide bonds. The molecule has 0 radical (unpaired) electrons. The smallest absolute Gasteiger partial charge is 0.242 e.